The van der Waals surface area contributed by atoms with Gasteiger partial charge in [-0.2, -0.15) is 0 Å². The van der Waals surface area contributed by atoms with Crippen molar-refractivity contribution in [3.63, 3.8) is 0 Å². The molecular weight excluding hydrogens is 210 g/mol. The average Bonchev–Trinajstić information content (AvgIpc) is 2.26. The van der Waals surface area contributed by atoms with Gasteiger partial charge in [-0.15, -0.1) is 0 Å². The minimum atomic E-state index is 0.223. The van der Waals surface area contributed by atoms with Crippen LogP contribution in [-0.4, -0.2) is 18.3 Å². The second-order valence-electron chi connectivity index (χ2n) is 3.97. The third-order valence-corrected chi connectivity index (χ3v) is 2.71. The Balaban J connectivity index is 2.46. The van der Waals surface area contributed by atoms with Crippen LogP contribution in [-0.2, 0) is 0 Å². The summed E-state index contributed by atoms with van der Waals surface area (Å²) in [4.78, 5) is 0. The largest absolute Gasteiger partial charge is 0.396 e. The third kappa shape index (κ3) is 4.20. The predicted molar refractivity (Wildman–Crippen MR) is 64.1 cm³/mol. The quantitative estimate of drug-likeness (QED) is 0.811. The fourth-order valence-electron chi connectivity index (χ4n) is 1.31. The van der Waals surface area contributed by atoms with Crippen molar-refractivity contribution in [1.82, 2.24) is 5.32 Å². The Morgan fingerprint density at radius 2 is 1.87 bits per heavy atom. The van der Waals surface area contributed by atoms with Gasteiger partial charge in [-0.25, -0.2) is 0 Å². The van der Waals surface area contributed by atoms with Crippen molar-refractivity contribution in [2.45, 2.75) is 19.9 Å². The summed E-state index contributed by atoms with van der Waals surface area (Å²) in [6.07, 6.45) is 0. The zero-order chi connectivity index (χ0) is 11.3. The molecule has 0 aliphatic carbocycles. The molecule has 3 heteroatoms. The Hall–Kier alpha value is -0.570. The zero-order valence-corrected chi connectivity index (χ0v) is 9.96. The highest BCUT2D eigenvalue weighted by Crippen LogP contribution is 2.16. The summed E-state index contributed by atoms with van der Waals surface area (Å²) in [6.45, 7) is 5.16. The molecule has 0 fully saturated rings. The molecule has 0 saturated carbocycles. The molecule has 1 aromatic rings. The maximum absolute atomic E-state index is 8.90. The van der Waals surface area contributed by atoms with Gasteiger partial charge < -0.3 is 10.4 Å². The summed E-state index contributed by atoms with van der Waals surface area (Å²) in [5.74, 6) is 0.291. The van der Waals surface area contributed by atoms with Crippen molar-refractivity contribution in [1.29, 1.82) is 0 Å². The van der Waals surface area contributed by atoms with E-state index >= 15 is 0 Å². The molecule has 0 aliphatic rings. The molecule has 0 radical (unpaired) electrons. The van der Waals surface area contributed by atoms with Crippen LogP contribution in [0.1, 0.15) is 25.5 Å². The van der Waals surface area contributed by atoms with E-state index in [1.807, 2.05) is 31.2 Å². The molecule has 84 valence electrons. The lowest BCUT2D eigenvalue weighted by Gasteiger charge is -2.16. The van der Waals surface area contributed by atoms with Gasteiger partial charge in [-0.3, -0.25) is 0 Å². The highest BCUT2D eigenvalue weighted by atomic mass is 35.5. The minimum Gasteiger partial charge on any atom is -0.396 e. The monoisotopic (exact) mass is 227 g/mol. The summed E-state index contributed by atoms with van der Waals surface area (Å²) in [5, 5.41) is 13.0. The Kier molecular flexibility index (Phi) is 5.09. The molecule has 1 aromatic carbocycles. The fourth-order valence-corrected chi connectivity index (χ4v) is 1.44. The number of halogens is 1. The molecule has 15 heavy (non-hydrogen) atoms. The van der Waals surface area contributed by atoms with Gasteiger partial charge in [0.25, 0.3) is 0 Å². The van der Waals surface area contributed by atoms with E-state index in [1.165, 1.54) is 5.56 Å². The topological polar surface area (TPSA) is 32.3 Å². The van der Waals surface area contributed by atoms with Gasteiger partial charge in [0.1, 0.15) is 0 Å². The molecule has 0 aromatic heterocycles. The van der Waals surface area contributed by atoms with Crippen LogP contribution in [0.25, 0.3) is 0 Å². The summed E-state index contributed by atoms with van der Waals surface area (Å²) in [7, 11) is 0. The first-order valence-corrected chi connectivity index (χ1v) is 5.61. The standard InChI is InChI=1S/C12H18ClNO/c1-9(8-15)7-14-10(2)11-3-5-12(13)6-4-11/h3-6,9-10,14-15H,7-8H2,1-2H3/t9?,10-/m1/s1. The van der Waals surface area contributed by atoms with Crippen molar-refractivity contribution >= 4 is 11.6 Å². The summed E-state index contributed by atoms with van der Waals surface area (Å²) >= 11 is 5.81. The van der Waals surface area contributed by atoms with Crippen LogP contribution >= 0.6 is 11.6 Å². The smallest absolute Gasteiger partial charge is 0.0468 e. The first kappa shape index (κ1) is 12.5. The van der Waals surface area contributed by atoms with Crippen LogP contribution in [0.2, 0.25) is 5.02 Å². The van der Waals surface area contributed by atoms with Gasteiger partial charge >= 0.3 is 0 Å². The second kappa shape index (κ2) is 6.11. The fraction of sp³-hybridized carbons (Fsp3) is 0.500. The van der Waals surface area contributed by atoms with Crippen LogP contribution in [0.15, 0.2) is 24.3 Å². The minimum absolute atomic E-state index is 0.223. The number of hydrogen-bond donors (Lipinski definition) is 2. The maximum atomic E-state index is 8.90. The predicted octanol–water partition coefficient (Wildman–Crippen LogP) is 2.62. The summed E-state index contributed by atoms with van der Waals surface area (Å²) in [6, 6.07) is 8.11. The molecule has 2 atom stereocenters. The van der Waals surface area contributed by atoms with E-state index < -0.39 is 0 Å². The van der Waals surface area contributed by atoms with E-state index in [0.29, 0.717) is 5.92 Å². The van der Waals surface area contributed by atoms with Crippen molar-refractivity contribution in [3.05, 3.63) is 34.9 Å². The van der Waals surface area contributed by atoms with E-state index in [-0.39, 0.29) is 12.6 Å². The Bertz CT molecular complexity index is 286. The SMILES string of the molecule is CC(CO)CN[C@H](C)c1ccc(Cl)cc1. The molecule has 0 spiro atoms. The van der Waals surface area contributed by atoms with Gasteiger partial charge in [0.05, 0.1) is 0 Å². The van der Waals surface area contributed by atoms with E-state index in [4.69, 9.17) is 16.7 Å². The lowest BCUT2D eigenvalue weighted by Crippen LogP contribution is -2.26. The zero-order valence-electron chi connectivity index (χ0n) is 9.20. The summed E-state index contributed by atoms with van der Waals surface area (Å²) in [5.41, 5.74) is 1.21. The molecule has 0 aliphatic heterocycles. The van der Waals surface area contributed by atoms with Gasteiger partial charge in [-0.1, -0.05) is 30.7 Å². The molecule has 2 nitrogen and oxygen atoms in total. The highest BCUT2D eigenvalue weighted by molar-refractivity contribution is 6.30. The Morgan fingerprint density at radius 1 is 1.27 bits per heavy atom. The van der Waals surface area contributed by atoms with Crippen molar-refractivity contribution < 1.29 is 5.11 Å². The normalized spacial score (nSPS) is 14.9. The van der Waals surface area contributed by atoms with E-state index in [1.54, 1.807) is 0 Å². The number of aliphatic hydroxyl groups is 1. The van der Waals surface area contributed by atoms with Crippen molar-refractivity contribution in [2.75, 3.05) is 13.2 Å². The van der Waals surface area contributed by atoms with Gasteiger partial charge in [0, 0.05) is 24.2 Å². The van der Waals surface area contributed by atoms with E-state index in [9.17, 15) is 0 Å². The van der Waals surface area contributed by atoms with Gasteiger partial charge in [0.15, 0.2) is 0 Å². The highest BCUT2D eigenvalue weighted by Gasteiger charge is 2.06. The van der Waals surface area contributed by atoms with Gasteiger partial charge in [0.2, 0.25) is 0 Å². The number of nitrogens with one attached hydrogen (secondary N) is 1. The molecule has 1 rings (SSSR count). The lowest BCUT2D eigenvalue weighted by molar-refractivity contribution is 0.231. The molecular formula is C12H18ClNO. The first-order valence-electron chi connectivity index (χ1n) is 5.23. The number of benzene rings is 1. The van der Waals surface area contributed by atoms with Crippen LogP contribution < -0.4 is 5.32 Å². The molecule has 0 amide bonds. The Morgan fingerprint density at radius 3 is 2.40 bits per heavy atom. The molecule has 0 saturated heterocycles. The van der Waals surface area contributed by atoms with E-state index in [0.717, 1.165) is 11.6 Å². The Labute approximate surface area is 96.3 Å². The molecule has 0 bridgehead atoms. The number of aliphatic hydroxyl groups excluding tert-OH is 1. The van der Waals surface area contributed by atoms with Crippen molar-refractivity contribution in [2.24, 2.45) is 5.92 Å². The van der Waals surface area contributed by atoms with Gasteiger partial charge in [-0.05, 0) is 30.5 Å². The number of hydrogen-bond acceptors (Lipinski definition) is 2. The van der Waals surface area contributed by atoms with Crippen molar-refractivity contribution in [3.8, 4) is 0 Å². The molecule has 1 unspecified atom stereocenters. The first-order chi connectivity index (χ1) is 7.13. The number of rotatable bonds is 5. The van der Waals surface area contributed by atoms with Crippen LogP contribution in [0.3, 0.4) is 0 Å². The van der Waals surface area contributed by atoms with Crippen LogP contribution in [0.4, 0.5) is 0 Å². The van der Waals surface area contributed by atoms with E-state index in [2.05, 4.69) is 12.2 Å². The van der Waals surface area contributed by atoms with Crippen LogP contribution in [0.5, 0.6) is 0 Å². The molecule has 0 heterocycles. The lowest BCUT2D eigenvalue weighted by atomic mass is 10.1. The average molecular weight is 228 g/mol. The van der Waals surface area contributed by atoms with Crippen LogP contribution in [0, 0.1) is 5.92 Å². The molecule has 2 N–H and O–H groups in total. The maximum Gasteiger partial charge on any atom is 0.0468 e. The summed E-state index contributed by atoms with van der Waals surface area (Å²) < 4.78 is 0. The third-order valence-electron chi connectivity index (χ3n) is 2.45. The second-order valence-corrected chi connectivity index (χ2v) is 4.41.